The van der Waals surface area contributed by atoms with Crippen LogP contribution >= 0.6 is 11.6 Å². The summed E-state index contributed by atoms with van der Waals surface area (Å²) in [5, 5.41) is 3.96. The van der Waals surface area contributed by atoms with Gasteiger partial charge in [-0.1, -0.05) is 31.4 Å². The third-order valence-electron chi connectivity index (χ3n) is 4.15. The second-order valence-corrected chi connectivity index (χ2v) is 5.96. The molecule has 1 fully saturated rings. The SMILES string of the molecule is CCc1nc(Cl)c(C)c(NCCN(C)C2CCCC2)n1. The number of rotatable bonds is 6. The van der Waals surface area contributed by atoms with Crippen LogP contribution in [0.5, 0.6) is 0 Å². The minimum atomic E-state index is 0.559. The summed E-state index contributed by atoms with van der Waals surface area (Å²) < 4.78 is 0. The zero-order valence-electron chi connectivity index (χ0n) is 12.7. The van der Waals surface area contributed by atoms with Crippen LogP contribution in [0.3, 0.4) is 0 Å². The second-order valence-electron chi connectivity index (χ2n) is 5.60. The molecule has 1 aromatic heterocycles. The molecule has 0 aliphatic heterocycles. The first-order valence-corrected chi connectivity index (χ1v) is 7.96. The molecule has 0 aromatic carbocycles. The Bertz CT molecular complexity index is 444. The lowest BCUT2D eigenvalue weighted by Crippen LogP contribution is -2.33. The highest BCUT2D eigenvalue weighted by molar-refractivity contribution is 6.30. The summed E-state index contributed by atoms with van der Waals surface area (Å²) >= 11 is 6.14. The maximum absolute atomic E-state index is 6.14. The molecular formula is C15H25ClN4. The molecule has 0 amide bonds. The van der Waals surface area contributed by atoms with Gasteiger partial charge < -0.3 is 10.2 Å². The molecule has 0 bridgehead atoms. The fourth-order valence-electron chi connectivity index (χ4n) is 2.74. The van der Waals surface area contributed by atoms with Crippen LogP contribution in [-0.2, 0) is 6.42 Å². The number of aryl methyl sites for hydroxylation is 1. The van der Waals surface area contributed by atoms with Gasteiger partial charge in [0.25, 0.3) is 0 Å². The van der Waals surface area contributed by atoms with Crippen molar-refractivity contribution in [3.8, 4) is 0 Å². The smallest absolute Gasteiger partial charge is 0.137 e. The number of likely N-dealkylation sites (N-methyl/N-ethyl adjacent to an activating group) is 1. The molecule has 4 nitrogen and oxygen atoms in total. The van der Waals surface area contributed by atoms with Crippen molar-refractivity contribution in [3.05, 3.63) is 16.5 Å². The van der Waals surface area contributed by atoms with Gasteiger partial charge in [0.2, 0.25) is 0 Å². The summed E-state index contributed by atoms with van der Waals surface area (Å²) in [7, 11) is 2.22. The van der Waals surface area contributed by atoms with Gasteiger partial charge in [-0.25, -0.2) is 9.97 Å². The Morgan fingerprint density at radius 2 is 2.00 bits per heavy atom. The Morgan fingerprint density at radius 1 is 1.30 bits per heavy atom. The Morgan fingerprint density at radius 3 is 2.65 bits per heavy atom. The first kappa shape index (κ1) is 15.5. The number of halogens is 1. The maximum Gasteiger partial charge on any atom is 0.137 e. The van der Waals surface area contributed by atoms with Gasteiger partial charge in [0.15, 0.2) is 0 Å². The summed E-state index contributed by atoms with van der Waals surface area (Å²) in [6.07, 6.45) is 6.24. The highest BCUT2D eigenvalue weighted by atomic mass is 35.5. The van der Waals surface area contributed by atoms with Crippen LogP contribution in [0, 0.1) is 6.92 Å². The van der Waals surface area contributed by atoms with Gasteiger partial charge in [0.05, 0.1) is 0 Å². The van der Waals surface area contributed by atoms with Crippen LogP contribution in [0.25, 0.3) is 0 Å². The molecule has 1 saturated carbocycles. The van der Waals surface area contributed by atoms with Crippen molar-refractivity contribution < 1.29 is 0 Å². The predicted octanol–water partition coefficient (Wildman–Crippen LogP) is 3.29. The van der Waals surface area contributed by atoms with E-state index in [-0.39, 0.29) is 0 Å². The van der Waals surface area contributed by atoms with E-state index in [1.165, 1.54) is 25.7 Å². The van der Waals surface area contributed by atoms with Crippen molar-refractivity contribution in [2.45, 2.75) is 52.0 Å². The molecule has 0 radical (unpaired) electrons. The summed E-state index contributed by atoms with van der Waals surface area (Å²) in [4.78, 5) is 11.2. The first-order chi connectivity index (χ1) is 9.61. The summed E-state index contributed by atoms with van der Waals surface area (Å²) in [5.41, 5.74) is 0.937. The monoisotopic (exact) mass is 296 g/mol. The third-order valence-corrected chi connectivity index (χ3v) is 4.52. The zero-order valence-corrected chi connectivity index (χ0v) is 13.5. The molecule has 1 aliphatic rings. The molecule has 0 spiro atoms. The van der Waals surface area contributed by atoms with E-state index in [0.29, 0.717) is 5.15 Å². The van der Waals surface area contributed by atoms with Crippen LogP contribution < -0.4 is 5.32 Å². The Balaban J connectivity index is 1.88. The number of nitrogens with zero attached hydrogens (tertiary/aromatic N) is 3. The third kappa shape index (κ3) is 3.83. The molecule has 0 atom stereocenters. The van der Waals surface area contributed by atoms with E-state index in [1.54, 1.807) is 0 Å². The van der Waals surface area contributed by atoms with Crippen LogP contribution in [0.4, 0.5) is 5.82 Å². The molecule has 1 aromatic rings. The Labute approximate surface area is 126 Å². The van der Waals surface area contributed by atoms with Gasteiger partial charge in [0.1, 0.15) is 16.8 Å². The van der Waals surface area contributed by atoms with Crippen molar-refractivity contribution >= 4 is 17.4 Å². The molecule has 1 aliphatic carbocycles. The molecular weight excluding hydrogens is 272 g/mol. The molecule has 20 heavy (non-hydrogen) atoms. The van der Waals surface area contributed by atoms with Gasteiger partial charge in [-0.2, -0.15) is 0 Å². The maximum atomic E-state index is 6.14. The van der Waals surface area contributed by atoms with Gasteiger partial charge in [-0.15, -0.1) is 0 Å². The molecule has 112 valence electrons. The first-order valence-electron chi connectivity index (χ1n) is 7.59. The van der Waals surface area contributed by atoms with Gasteiger partial charge >= 0.3 is 0 Å². The number of nitrogens with one attached hydrogen (secondary N) is 1. The summed E-state index contributed by atoms with van der Waals surface area (Å²) in [6.45, 7) is 5.93. The average Bonchev–Trinajstić information content (AvgIpc) is 2.97. The molecule has 5 heteroatoms. The Hall–Kier alpha value is -0.870. The van der Waals surface area contributed by atoms with Crippen molar-refractivity contribution in [1.29, 1.82) is 0 Å². The van der Waals surface area contributed by atoms with Gasteiger partial charge in [0, 0.05) is 31.1 Å². The van der Waals surface area contributed by atoms with Crippen LogP contribution in [0.2, 0.25) is 5.15 Å². The number of aromatic nitrogens is 2. The molecule has 2 rings (SSSR count). The van der Waals surface area contributed by atoms with E-state index in [2.05, 4.69) is 27.2 Å². The van der Waals surface area contributed by atoms with Gasteiger partial charge in [-0.3, -0.25) is 0 Å². The van der Waals surface area contributed by atoms with Crippen molar-refractivity contribution in [2.75, 3.05) is 25.5 Å². The fourth-order valence-corrected chi connectivity index (χ4v) is 2.93. The Kier molecular flexibility index (Phi) is 5.61. The van der Waals surface area contributed by atoms with Crippen LogP contribution in [0.1, 0.15) is 44.0 Å². The predicted molar refractivity (Wildman–Crippen MR) is 84.5 cm³/mol. The van der Waals surface area contributed by atoms with Crippen molar-refractivity contribution in [2.24, 2.45) is 0 Å². The second kappa shape index (κ2) is 7.23. The van der Waals surface area contributed by atoms with Crippen molar-refractivity contribution in [1.82, 2.24) is 14.9 Å². The molecule has 1 N–H and O–H groups in total. The quantitative estimate of drug-likeness (QED) is 0.818. The number of hydrogen-bond acceptors (Lipinski definition) is 4. The van der Waals surface area contributed by atoms with E-state index >= 15 is 0 Å². The van der Waals surface area contributed by atoms with Crippen molar-refractivity contribution in [3.63, 3.8) is 0 Å². The lowest BCUT2D eigenvalue weighted by Gasteiger charge is -2.24. The highest BCUT2D eigenvalue weighted by Crippen LogP contribution is 2.22. The summed E-state index contributed by atoms with van der Waals surface area (Å²) in [6, 6.07) is 0.762. The van der Waals surface area contributed by atoms with E-state index in [0.717, 1.165) is 42.8 Å². The zero-order chi connectivity index (χ0) is 14.5. The normalized spacial score (nSPS) is 16.1. The lowest BCUT2D eigenvalue weighted by atomic mass is 10.2. The number of hydrogen-bond donors (Lipinski definition) is 1. The topological polar surface area (TPSA) is 41.1 Å². The lowest BCUT2D eigenvalue weighted by molar-refractivity contribution is 0.254. The minimum Gasteiger partial charge on any atom is -0.368 e. The minimum absolute atomic E-state index is 0.559. The van der Waals surface area contributed by atoms with Crippen LogP contribution in [-0.4, -0.2) is 41.0 Å². The van der Waals surface area contributed by atoms with E-state index in [1.807, 2.05) is 13.8 Å². The van der Waals surface area contributed by atoms with E-state index in [9.17, 15) is 0 Å². The molecule has 0 unspecified atom stereocenters. The molecule has 1 heterocycles. The average molecular weight is 297 g/mol. The fraction of sp³-hybridized carbons (Fsp3) is 0.733. The van der Waals surface area contributed by atoms with E-state index < -0.39 is 0 Å². The summed E-state index contributed by atoms with van der Waals surface area (Å²) in [5.74, 6) is 1.67. The number of anilines is 1. The van der Waals surface area contributed by atoms with Crippen LogP contribution in [0.15, 0.2) is 0 Å². The standard InChI is InChI=1S/C15H25ClN4/c1-4-13-18-14(16)11(2)15(19-13)17-9-10-20(3)12-7-5-6-8-12/h12H,4-10H2,1-3H3,(H,17,18,19). The molecule has 0 saturated heterocycles. The largest absolute Gasteiger partial charge is 0.368 e. The van der Waals surface area contributed by atoms with E-state index in [4.69, 9.17) is 11.6 Å². The highest BCUT2D eigenvalue weighted by Gasteiger charge is 2.19. The van der Waals surface area contributed by atoms with Gasteiger partial charge in [-0.05, 0) is 26.8 Å².